The molecule has 2 amide bonds. The molecule has 1 fully saturated rings. The second kappa shape index (κ2) is 4.28. The SMILES string of the molecule is O=C1CN(c2ncccc2CO)CC(=O)N1. The van der Waals surface area contributed by atoms with E-state index in [1.165, 1.54) is 0 Å². The van der Waals surface area contributed by atoms with Gasteiger partial charge in [-0.15, -0.1) is 0 Å². The lowest BCUT2D eigenvalue weighted by atomic mass is 10.2. The molecule has 0 spiro atoms. The van der Waals surface area contributed by atoms with Gasteiger partial charge in [0.2, 0.25) is 11.8 Å². The quantitative estimate of drug-likeness (QED) is 0.628. The fraction of sp³-hybridized carbons (Fsp3) is 0.300. The number of nitrogens with zero attached hydrogens (tertiary/aromatic N) is 2. The van der Waals surface area contributed by atoms with Crippen LogP contribution < -0.4 is 10.2 Å². The number of carbonyl (C=O) groups excluding carboxylic acids is 2. The molecule has 1 aliphatic rings. The largest absolute Gasteiger partial charge is 0.392 e. The Balaban J connectivity index is 2.29. The Morgan fingerprint density at radius 3 is 2.69 bits per heavy atom. The molecule has 6 nitrogen and oxygen atoms in total. The van der Waals surface area contributed by atoms with E-state index in [2.05, 4.69) is 10.3 Å². The molecular weight excluding hydrogens is 210 g/mol. The lowest BCUT2D eigenvalue weighted by molar-refractivity contribution is -0.130. The number of carbonyl (C=O) groups is 2. The van der Waals surface area contributed by atoms with Crippen LogP contribution in [0, 0.1) is 0 Å². The standard InChI is InChI=1S/C10H11N3O3/c14-6-7-2-1-3-11-10(7)13-4-8(15)12-9(16)5-13/h1-3,14H,4-6H2,(H,12,15,16). The highest BCUT2D eigenvalue weighted by Crippen LogP contribution is 2.17. The molecule has 84 valence electrons. The highest BCUT2D eigenvalue weighted by atomic mass is 16.3. The van der Waals surface area contributed by atoms with Crippen LogP contribution >= 0.6 is 0 Å². The molecule has 2 rings (SSSR count). The molecule has 2 N–H and O–H groups in total. The van der Waals surface area contributed by atoms with E-state index >= 15 is 0 Å². The monoisotopic (exact) mass is 221 g/mol. The fourth-order valence-electron chi connectivity index (χ4n) is 1.63. The van der Waals surface area contributed by atoms with Crippen molar-refractivity contribution < 1.29 is 14.7 Å². The van der Waals surface area contributed by atoms with Crippen molar-refractivity contribution in [2.75, 3.05) is 18.0 Å². The second-order valence-electron chi connectivity index (χ2n) is 3.47. The van der Waals surface area contributed by atoms with Gasteiger partial charge in [0.1, 0.15) is 5.82 Å². The van der Waals surface area contributed by atoms with Gasteiger partial charge < -0.3 is 10.0 Å². The number of aromatic nitrogens is 1. The zero-order valence-electron chi connectivity index (χ0n) is 8.51. The van der Waals surface area contributed by atoms with Gasteiger partial charge in [-0.2, -0.15) is 0 Å². The van der Waals surface area contributed by atoms with Gasteiger partial charge in [-0.3, -0.25) is 14.9 Å². The van der Waals surface area contributed by atoms with Crippen LogP contribution in [0.25, 0.3) is 0 Å². The number of anilines is 1. The van der Waals surface area contributed by atoms with Crippen molar-refractivity contribution >= 4 is 17.6 Å². The highest BCUT2D eigenvalue weighted by Gasteiger charge is 2.24. The summed E-state index contributed by atoms with van der Waals surface area (Å²) in [5, 5.41) is 11.3. The van der Waals surface area contributed by atoms with Gasteiger partial charge in [0, 0.05) is 11.8 Å². The Kier molecular flexibility index (Phi) is 2.82. The molecule has 1 aliphatic heterocycles. The number of rotatable bonds is 2. The number of hydrogen-bond acceptors (Lipinski definition) is 5. The Labute approximate surface area is 91.9 Å². The maximum absolute atomic E-state index is 11.2. The van der Waals surface area contributed by atoms with Crippen molar-refractivity contribution in [1.29, 1.82) is 0 Å². The van der Waals surface area contributed by atoms with E-state index in [1.807, 2.05) is 0 Å². The van der Waals surface area contributed by atoms with E-state index in [9.17, 15) is 9.59 Å². The molecule has 2 heterocycles. The molecule has 0 aliphatic carbocycles. The molecule has 1 aromatic heterocycles. The first-order valence-corrected chi connectivity index (χ1v) is 4.83. The lowest BCUT2D eigenvalue weighted by Gasteiger charge is -2.27. The van der Waals surface area contributed by atoms with Gasteiger partial charge in [0.05, 0.1) is 19.7 Å². The van der Waals surface area contributed by atoms with Crippen molar-refractivity contribution in [3.63, 3.8) is 0 Å². The Bertz CT molecular complexity index is 417. The molecule has 0 bridgehead atoms. The molecule has 1 aromatic rings. The minimum Gasteiger partial charge on any atom is -0.392 e. The number of amides is 2. The third-order valence-corrected chi connectivity index (χ3v) is 2.29. The summed E-state index contributed by atoms with van der Waals surface area (Å²) in [5.74, 6) is -0.232. The number of imide groups is 1. The summed E-state index contributed by atoms with van der Waals surface area (Å²) in [6, 6.07) is 3.40. The Hall–Kier alpha value is -1.95. The van der Waals surface area contributed by atoms with Crippen molar-refractivity contribution in [3.05, 3.63) is 23.9 Å². The maximum Gasteiger partial charge on any atom is 0.246 e. The van der Waals surface area contributed by atoms with Gasteiger partial charge >= 0.3 is 0 Å². The van der Waals surface area contributed by atoms with Gasteiger partial charge in [-0.25, -0.2) is 4.98 Å². The number of nitrogens with one attached hydrogen (secondary N) is 1. The van der Waals surface area contributed by atoms with Crippen LogP contribution in [0.3, 0.4) is 0 Å². The summed E-state index contributed by atoms with van der Waals surface area (Å²) in [4.78, 5) is 28.0. The maximum atomic E-state index is 11.2. The number of hydrogen-bond donors (Lipinski definition) is 2. The number of aliphatic hydroxyl groups excluding tert-OH is 1. The highest BCUT2D eigenvalue weighted by molar-refractivity contribution is 6.02. The molecule has 0 aromatic carbocycles. The molecule has 0 saturated carbocycles. The summed E-state index contributed by atoms with van der Waals surface area (Å²) >= 11 is 0. The summed E-state index contributed by atoms with van der Waals surface area (Å²) in [6.07, 6.45) is 1.56. The van der Waals surface area contributed by atoms with E-state index in [0.717, 1.165) is 0 Å². The summed E-state index contributed by atoms with van der Waals surface area (Å²) < 4.78 is 0. The van der Waals surface area contributed by atoms with Crippen LogP contribution in [0.15, 0.2) is 18.3 Å². The summed E-state index contributed by atoms with van der Waals surface area (Å²) in [6.45, 7) is -0.0129. The van der Waals surface area contributed by atoms with E-state index in [0.29, 0.717) is 11.4 Å². The summed E-state index contributed by atoms with van der Waals surface area (Å²) in [5.41, 5.74) is 0.602. The van der Waals surface area contributed by atoms with E-state index in [4.69, 9.17) is 5.11 Å². The molecule has 1 saturated heterocycles. The molecular formula is C10H11N3O3. The van der Waals surface area contributed by atoms with E-state index in [1.54, 1.807) is 23.2 Å². The van der Waals surface area contributed by atoms with Gasteiger partial charge in [0.15, 0.2) is 0 Å². The van der Waals surface area contributed by atoms with Crippen LogP contribution in [0.1, 0.15) is 5.56 Å². The van der Waals surface area contributed by atoms with Gasteiger partial charge in [-0.05, 0) is 6.07 Å². The van der Waals surface area contributed by atoms with Crippen LogP contribution in [0.5, 0.6) is 0 Å². The van der Waals surface area contributed by atoms with Crippen molar-refractivity contribution in [2.24, 2.45) is 0 Å². The second-order valence-corrected chi connectivity index (χ2v) is 3.47. The van der Waals surface area contributed by atoms with Crippen LogP contribution in [-0.4, -0.2) is 35.0 Å². The average Bonchev–Trinajstić information content (AvgIpc) is 2.27. The normalized spacial score (nSPS) is 16.2. The molecule has 16 heavy (non-hydrogen) atoms. The van der Waals surface area contributed by atoms with E-state index < -0.39 is 0 Å². The number of pyridine rings is 1. The molecule has 0 radical (unpaired) electrons. The number of aliphatic hydroxyl groups is 1. The lowest BCUT2D eigenvalue weighted by Crippen LogP contribution is -2.52. The smallest absolute Gasteiger partial charge is 0.246 e. The average molecular weight is 221 g/mol. The van der Waals surface area contributed by atoms with Gasteiger partial charge in [0.25, 0.3) is 0 Å². The third kappa shape index (κ3) is 2.01. The molecule has 0 unspecified atom stereocenters. The van der Waals surface area contributed by atoms with Gasteiger partial charge in [-0.1, -0.05) is 6.07 Å². The predicted octanol–water partition coefficient (Wildman–Crippen LogP) is -0.963. The Morgan fingerprint density at radius 1 is 1.38 bits per heavy atom. The van der Waals surface area contributed by atoms with Crippen LogP contribution in [0.2, 0.25) is 0 Å². The molecule has 0 atom stereocenters. The fourth-order valence-corrected chi connectivity index (χ4v) is 1.63. The van der Waals surface area contributed by atoms with Crippen molar-refractivity contribution in [1.82, 2.24) is 10.3 Å². The van der Waals surface area contributed by atoms with E-state index in [-0.39, 0.29) is 31.5 Å². The third-order valence-electron chi connectivity index (χ3n) is 2.29. The minimum atomic E-state index is -0.356. The minimum absolute atomic E-state index is 0.0791. The van der Waals surface area contributed by atoms with Crippen molar-refractivity contribution in [2.45, 2.75) is 6.61 Å². The van der Waals surface area contributed by atoms with Crippen LogP contribution in [0.4, 0.5) is 5.82 Å². The Morgan fingerprint density at radius 2 is 2.06 bits per heavy atom. The first-order valence-electron chi connectivity index (χ1n) is 4.83. The first kappa shape index (κ1) is 10.6. The number of piperazine rings is 1. The van der Waals surface area contributed by atoms with Crippen molar-refractivity contribution in [3.8, 4) is 0 Å². The topological polar surface area (TPSA) is 82.5 Å². The zero-order valence-corrected chi connectivity index (χ0v) is 8.51. The zero-order chi connectivity index (χ0) is 11.5. The van der Waals surface area contributed by atoms with Crippen LogP contribution in [-0.2, 0) is 16.2 Å². The summed E-state index contributed by atoms with van der Waals surface area (Å²) in [7, 11) is 0. The predicted molar refractivity (Wildman–Crippen MR) is 55.5 cm³/mol. The molecule has 6 heteroatoms. The first-order chi connectivity index (χ1) is 7.70.